The van der Waals surface area contributed by atoms with Gasteiger partial charge in [-0.05, 0) is 53.0 Å². The predicted octanol–water partition coefficient (Wildman–Crippen LogP) is 6.86. The maximum absolute atomic E-state index is 2.34. The molecule has 0 spiro atoms. The molecule has 0 saturated carbocycles. The van der Waals surface area contributed by atoms with Crippen LogP contribution in [0.15, 0.2) is 42.5 Å². The second-order valence-electron chi connectivity index (χ2n) is 7.45. The smallest absolute Gasteiger partial charge is 0.00257 e. The van der Waals surface area contributed by atoms with Crippen molar-refractivity contribution in [2.24, 2.45) is 0 Å². The molecule has 0 nitrogen and oxygen atoms in total. The zero-order chi connectivity index (χ0) is 17.5. The highest BCUT2D eigenvalue weighted by Gasteiger charge is 2.15. The van der Waals surface area contributed by atoms with Gasteiger partial charge >= 0.3 is 0 Å². The molecule has 0 bridgehead atoms. The van der Waals surface area contributed by atoms with Crippen LogP contribution in [0.4, 0.5) is 0 Å². The highest BCUT2D eigenvalue weighted by Crippen LogP contribution is 2.26. The first-order valence-electron chi connectivity index (χ1n) is 8.99. The van der Waals surface area contributed by atoms with Crippen molar-refractivity contribution in [1.82, 2.24) is 0 Å². The van der Waals surface area contributed by atoms with E-state index in [1.54, 1.807) is 0 Å². The monoisotopic (exact) mass is 310 g/mol. The standard InChI is InChI=1S/C20H26.C3H8/c1-6-16-7-9-17(10-8-16)14-18-11-12-19(15(2)13-18)20(3,4)5;1-3-2/h7-13H,6,14H2,1-5H3;3H2,1-2H3. The minimum absolute atomic E-state index is 0.228. The van der Waals surface area contributed by atoms with E-state index < -0.39 is 0 Å². The fourth-order valence-corrected chi connectivity index (χ4v) is 2.81. The minimum atomic E-state index is 0.228. The van der Waals surface area contributed by atoms with Crippen molar-refractivity contribution in [3.05, 3.63) is 70.3 Å². The van der Waals surface area contributed by atoms with Crippen molar-refractivity contribution in [2.75, 3.05) is 0 Å². The SMILES string of the molecule is CCC.CCc1ccc(Cc2ccc(C(C)(C)C)c(C)c2)cc1. The van der Waals surface area contributed by atoms with Gasteiger partial charge in [-0.15, -0.1) is 0 Å². The summed E-state index contributed by atoms with van der Waals surface area (Å²) in [6.07, 6.45) is 3.38. The van der Waals surface area contributed by atoms with Gasteiger partial charge in [0.05, 0.1) is 0 Å². The molecule has 0 radical (unpaired) electrons. The van der Waals surface area contributed by atoms with Gasteiger partial charge in [-0.1, -0.05) is 90.4 Å². The van der Waals surface area contributed by atoms with Gasteiger partial charge in [0.2, 0.25) is 0 Å². The summed E-state index contributed by atoms with van der Waals surface area (Å²) in [5, 5.41) is 0. The minimum Gasteiger partial charge on any atom is -0.0656 e. The first-order chi connectivity index (χ1) is 10.8. The molecule has 126 valence electrons. The number of rotatable bonds is 3. The molecule has 2 aromatic rings. The quantitative estimate of drug-likeness (QED) is 0.580. The Morgan fingerprint density at radius 1 is 0.739 bits per heavy atom. The Bertz CT molecular complexity index is 582. The summed E-state index contributed by atoms with van der Waals surface area (Å²) in [5.74, 6) is 0. The molecule has 0 unspecified atom stereocenters. The molecule has 0 saturated heterocycles. The Labute approximate surface area is 144 Å². The summed E-state index contributed by atoms with van der Waals surface area (Å²) >= 11 is 0. The summed E-state index contributed by atoms with van der Waals surface area (Å²) in [7, 11) is 0. The average Bonchev–Trinajstić information content (AvgIpc) is 2.47. The average molecular weight is 311 g/mol. The van der Waals surface area contributed by atoms with Crippen LogP contribution in [-0.2, 0) is 18.3 Å². The first kappa shape index (κ1) is 19.5. The van der Waals surface area contributed by atoms with E-state index in [-0.39, 0.29) is 5.41 Å². The van der Waals surface area contributed by atoms with Gasteiger partial charge < -0.3 is 0 Å². The van der Waals surface area contributed by atoms with Crippen molar-refractivity contribution in [1.29, 1.82) is 0 Å². The topological polar surface area (TPSA) is 0 Å². The Hall–Kier alpha value is -1.56. The van der Waals surface area contributed by atoms with E-state index >= 15 is 0 Å². The molecular weight excluding hydrogens is 276 g/mol. The van der Waals surface area contributed by atoms with E-state index in [4.69, 9.17) is 0 Å². The van der Waals surface area contributed by atoms with E-state index in [0.29, 0.717) is 0 Å². The molecule has 23 heavy (non-hydrogen) atoms. The summed E-state index contributed by atoms with van der Waals surface area (Å²) in [5.41, 5.74) is 7.28. The van der Waals surface area contributed by atoms with Gasteiger partial charge in [0, 0.05) is 0 Å². The van der Waals surface area contributed by atoms with Gasteiger partial charge in [-0.25, -0.2) is 0 Å². The molecular formula is C23H34. The summed E-state index contributed by atoms with van der Waals surface area (Å²) in [4.78, 5) is 0. The lowest BCUT2D eigenvalue weighted by Gasteiger charge is -2.22. The predicted molar refractivity (Wildman–Crippen MR) is 104 cm³/mol. The van der Waals surface area contributed by atoms with Crippen LogP contribution in [0.25, 0.3) is 0 Å². The van der Waals surface area contributed by atoms with Gasteiger partial charge in [0.15, 0.2) is 0 Å². The Kier molecular flexibility index (Phi) is 7.55. The first-order valence-corrected chi connectivity index (χ1v) is 8.99. The molecule has 0 heteroatoms. The van der Waals surface area contributed by atoms with Crippen LogP contribution in [0.5, 0.6) is 0 Å². The van der Waals surface area contributed by atoms with Crippen LogP contribution in [0.1, 0.15) is 75.8 Å². The Morgan fingerprint density at radius 3 is 1.65 bits per heavy atom. The Balaban J connectivity index is 0.000000816. The van der Waals surface area contributed by atoms with E-state index in [0.717, 1.165) is 12.8 Å². The molecule has 0 amide bonds. The fourth-order valence-electron chi connectivity index (χ4n) is 2.81. The third-order valence-electron chi connectivity index (χ3n) is 3.94. The van der Waals surface area contributed by atoms with E-state index in [9.17, 15) is 0 Å². The largest absolute Gasteiger partial charge is 0.0656 e. The van der Waals surface area contributed by atoms with Crippen LogP contribution in [0.2, 0.25) is 0 Å². The third-order valence-corrected chi connectivity index (χ3v) is 3.94. The number of hydrogen-bond acceptors (Lipinski definition) is 0. The van der Waals surface area contributed by atoms with Crippen molar-refractivity contribution in [3.63, 3.8) is 0 Å². The molecule has 0 atom stereocenters. The van der Waals surface area contributed by atoms with E-state index in [1.807, 2.05) is 0 Å². The summed E-state index contributed by atoms with van der Waals surface area (Å²) < 4.78 is 0. The second-order valence-corrected chi connectivity index (χ2v) is 7.45. The van der Waals surface area contributed by atoms with Gasteiger partial charge in [-0.3, -0.25) is 0 Å². The highest BCUT2D eigenvalue weighted by molar-refractivity contribution is 5.38. The Morgan fingerprint density at radius 2 is 1.22 bits per heavy atom. The molecule has 0 aromatic heterocycles. The van der Waals surface area contributed by atoms with Crippen molar-refractivity contribution >= 4 is 0 Å². The van der Waals surface area contributed by atoms with Crippen molar-refractivity contribution < 1.29 is 0 Å². The lowest BCUT2D eigenvalue weighted by atomic mass is 9.83. The van der Waals surface area contributed by atoms with Crippen molar-refractivity contribution in [2.45, 2.75) is 73.1 Å². The van der Waals surface area contributed by atoms with Crippen LogP contribution in [0, 0.1) is 6.92 Å². The molecule has 2 aromatic carbocycles. The van der Waals surface area contributed by atoms with E-state index in [2.05, 4.69) is 90.9 Å². The summed E-state index contributed by atoms with van der Waals surface area (Å²) in [6.45, 7) is 15.5. The van der Waals surface area contributed by atoms with Crippen LogP contribution < -0.4 is 0 Å². The summed E-state index contributed by atoms with van der Waals surface area (Å²) in [6, 6.07) is 15.9. The van der Waals surface area contributed by atoms with Crippen LogP contribution >= 0.6 is 0 Å². The van der Waals surface area contributed by atoms with Gasteiger partial charge in [-0.2, -0.15) is 0 Å². The molecule has 0 N–H and O–H groups in total. The van der Waals surface area contributed by atoms with Gasteiger partial charge in [0.25, 0.3) is 0 Å². The van der Waals surface area contributed by atoms with Crippen LogP contribution in [-0.4, -0.2) is 0 Å². The maximum Gasteiger partial charge on any atom is -0.00257 e. The molecule has 0 fully saturated rings. The zero-order valence-corrected chi connectivity index (χ0v) is 16.2. The normalized spacial score (nSPS) is 10.9. The maximum atomic E-state index is 2.34. The van der Waals surface area contributed by atoms with E-state index in [1.165, 1.54) is 34.2 Å². The lowest BCUT2D eigenvalue weighted by Crippen LogP contribution is -2.13. The molecule has 0 aliphatic carbocycles. The number of aryl methyl sites for hydroxylation is 2. The van der Waals surface area contributed by atoms with Crippen molar-refractivity contribution in [3.8, 4) is 0 Å². The number of benzene rings is 2. The van der Waals surface area contributed by atoms with Crippen LogP contribution in [0.3, 0.4) is 0 Å². The highest BCUT2D eigenvalue weighted by atomic mass is 14.2. The molecule has 0 aliphatic heterocycles. The molecule has 0 aliphatic rings. The van der Waals surface area contributed by atoms with Gasteiger partial charge in [0.1, 0.15) is 0 Å². The zero-order valence-electron chi connectivity index (χ0n) is 16.2. The number of hydrogen-bond donors (Lipinski definition) is 0. The molecule has 0 heterocycles. The lowest BCUT2D eigenvalue weighted by molar-refractivity contribution is 0.586. The fraction of sp³-hybridized carbons (Fsp3) is 0.478. The molecule has 2 rings (SSSR count). The third kappa shape index (κ3) is 6.22. The second kappa shape index (κ2) is 8.91.